The summed E-state index contributed by atoms with van der Waals surface area (Å²) in [6, 6.07) is 8.71. The topological polar surface area (TPSA) is 65.5 Å². The van der Waals surface area contributed by atoms with Gasteiger partial charge in [-0.05, 0) is 38.3 Å². The van der Waals surface area contributed by atoms with E-state index in [0.29, 0.717) is 12.5 Å². The SMILES string of the molecule is CCc1ccc(C(C)NC(=NC)NCC(C)(C)C(=O)NC)cc1.I. The van der Waals surface area contributed by atoms with Crippen molar-refractivity contribution in [1.29, 1.82) is 0 Å². The quantitative estimate of drug-likeness (QED) is 0.358. The summed E-state index contributed by atoms with van der Waals surface area (Å²) < 4.78 is 0. The molecule has 136 valence electrons. The Bertz CT molecular complexity index is 540. The Kier molecular flexibility index (Phi) is 9.96. The van der Waals surface area contributed by atoms with Gasteiger partial charge in [-0.2, -0.15) is 0 Å². The first kappa shape index (κ1) is 22.7. The van der Waals surface area contributed by atoms with Gasteiger partial charge in [-0.3, -0.25) is 9.79 Å². The van der Waals surface area contributed by atoms with Crippen molar-refractivity contribution in [1.82, 2.24) is 16.0 Å². The van der Waals surface area contributed by atoms with Gasteiger partial charge in [0.15, 0.2) is 5.96 Å². The molecule has 1 amide bonds. The second kappa shape index (κ2) is 10.5. The Morgan fingerprint density at radius 1 is 1.25 bits per heavy atom. The van der Waals surface area contributed by atoms with Crippen LogP contribution in [0.2, 0.25) is 0 Å². The molecule has 1 aromatic rings. The largest absolute Gasteiger partial charge is 0.359 e. The Hall–Kier alpha value is -1.31. The average Bonchev–Trinajstić information content (AvgIpc) is 2.57. The lowest BCUT2D eigenvalue weighted by atomic mass is 9.92. The van der Waals surface area contributed by atoms with E-state index in [9.17, 15) is 4.79 Å². The van der Waals surface area contributed by atoms with E-state index in [0.717, 1.165) is 6.42 Å². The van der Waals surface area contributed by atoms with Crippen molar-refractivity contribution < 1.29 is 4.79 Å². The monoisotopic (exact) mass is 446 g/mol. The fourth-order valence-corrected chi connectivity index (χ4v) is 2.25. The van der Waals surface area contributed by atoms with Crippen LogP contribution in [0.3, 0.4) is 0 Å². The van der Waals surface area contributed by atoms with E-state index >= 15 is 0 Å². The molecule has 0 fully saturated rings. The highest BCUT2D eigenvalue weighted by Crippen LogP contribution is 2.15. The smallest absolute Gasteiger partial charge is 0.227 e. The Balaban J connectivity index is 0.00000529. The van der Waals surface area contributed by atoms with Gasteiger partial charge in [0.2, 0.25) is 5.91 Å². The van der Waals surface area contributed by atoms with Crippen molar-refractivity contribution in [2.24, 2.45) is 10.4 Å². The molecule has 6 heteroatoms. The van der Waals surface area contributed by atoms with Gasteiger partial charge in [0.1, 0.15) is 0 Å². The number of nitrogens with one attached hydrogen (secondary N) is 3. The molecule has 1 atom stereocenters. The average molecular weight is 446 g/mol. The van der Waals surface area contributed by atoms with Gasteiger partial charge < -0.3 is 16.0 Å². The third-order valence-electron chi connectivity index (χ3n) is 4.00. The van der Waals surface area contributed by atoms with Crippen molar-refractivity contribution in [3.63, 3.8) is 0 Å². The molecule has 0 radical (unpaired) electrons. The van der Waals surface area contributed by atoms with Crippen LogP contribution in [0.25, 0.3) is 0 Å². The summed E-state index contributed by atoms with van der Waals surface area (Å²) in [6.07, 6.45) is 1.04. The van der Waals surface area contributed by atoms with Gasteiger partial charge >= 0.3 is 0 Å². The van der Waals surface area contributed by atoms with Gasteiger partial charge in [-0.15, -0.1) is 24.0 Å². The highest BCUT2D eigenvalue weighted by Gasteiger charge is 2.26. The number of guanidine groups is 1. The van der Waals surface area contributed by atoms with Crippen molar-refractivity contribution >= 4 is 35.8 Å². The normalized spacial score (nSPS) is 12.8. The maximum atomic E-state index is 11.8. The zero-order chi connectivity index (χ0) is 17.5. The van der Waals surface area contributed by atoms with Gasteiger partial charge in [-0.25, -0.2) is 0 Å². The van der Waals surface area contributed by atoms with E-state index in [4.69, 9.17) is 0 Å². The van der Waals surface area contributed by atoms with E-state index in [-0.39, 0.29) is 35.9 Å². The van der Waals surface area contributed by atoms with E-state index in [1.165, 1.54) is 11.1 Å². The molecule has 5 nitrogen and oxygen atoms in total. The molecule has 3 N–H and O–H groups in total. The Morgan fingerprint density at radius 2 is 1.83 bits per heavy atom. The van der Waals surface area contributed by atoms with Crippen LogP contribution in [0, 0.1) is 5.41 Å². The second-order valence-electron chi connectivity index (χ2n) is 6.35. The number of benzene rings is 1. The number of halogens is 1. The number of rotatable bonds is 6. The van der Waals surface area contributed by atoms with Gasteiger partial charge in [-0.1, -0.05) is 31.2 Å². The first-order valence-electron chi connectivity index (χ1n) is 8.12. The first-order chi connectivity index (χ1) is 10.8. The standard InChI is InChI=1S/C18H30N4O.HI/c1-7-14-8-10-15(11-9-14)13(2)22-17(20-6)21-12-18(3,4)16(23)19-5;/h8-11,13H,7,12H2,1-6H3,(H,19,23)(H2,20,21,22);1H. The molecule has 24 heavy (non-hydrogen) atoms. The number of aryl methyl sites for hydroxylation is 1. The summed E-state index contributed by atoms with van der Waals surface area (Å²) in [7, 11) is 3.38. The summed E-state index contributed by atoms with van der Waals surface area (Å²) in [6.45, 7) is 8.56. The number of carbonyl (C=O) groups excluding carboxylic acids is 1. The molecule has 1 aromatic carbocycles. The minimum absolute atomic E-state index is 0. The third-order valence-corrected chi connectivity index (χ3v) is 4.00. The molecule has 0 heterocycles. The summed E-state index contributed by atoms with van der Waals surface area (Å²) in [4.78, 5) is 16.1. The van der Waals surface area contributed by atoms with Crippen LogP contribution in [-0.2, 0) is 11.2 Å². The molecule has 0 aliphatic heterocycles. The molecule has 0 aromatic heterocycles. The van der Waals surface area contributed by atoms with Gasteiger partial charge in [0.05, 0.1) is 11.5 Å². The lowest BCUT2D eigenvalue weighted by molar-refractivity contribution is -0.128. The van der Waals surface area contributed by atoms with E-state index in [1.54, 1.807) is 14.1 Å². The van der Waals surface area contributed by atoms with Crippen LogP contribution in [0.4, 0.5) is 0 Å². The lowest BCUT2D eigenvalue weighted by Crippen LogP contribution is -2.47. The minimum atomic E-state index is -0.502. The summed E-state index contributed by atoms with van der Waals surface area (Å²) in [5.74, 6) is 0.692. The van der Waals surface area contributed by atoms with Crippen molar-refractivity contribution in [3.05, 3.63) is 35.4 Å². The molecule has 0 spiro atoms. The molecule has 0 aliphatic carbocycles. The van der Waals surface area contributed by atoms with Crippen molar-refractivity contribution in [2.75, 3.05) is 20.6 Å². The lowest BCUT2D eigenvalue weighted by Gasteiger charge is -2.25. The Labute approximate surface area is 163 Å². The first-order valence-corrected chi connectivity index (χ1v) is 8.12. The summed E-state index contributed by atoms with van der Waals surface area (Å²) in [5.41, 5.74) is 2.03. The number of nitrogens with zero attached hydrogens (tertiary/aromatic N) is 1. The predicted molar refractivity (Wildman–Crippen MR) is 112 cm³/mol. The zero-order valence-corrected chi connectivity index (χ0v) is 17.9. The maximum Gasteiger partial charge on any atom is 0.227 e. The number of aliphatic imine (C=N–C) groups is 1. The third kappa shape index (κ3) is 6.67. The molecular weight excluding hydrogens is 415 g/mol. The highest BCUT2D eigenvalue weighted by atomic mass is 127. The number of amides is 1. The molecule has 0 aliphatic rings. The van der Waals surface area contributed by atoms with Crippen molar-refractivity contribution in [3.8, 4) is 0 Å². The molecule has 0 saturated carbocycles. The van der Waals surface area contributed by atoms with Crippen LogP contribution in [-0.4, -0.2) is 32.5 Å². The molecule has 1 unspecified atom stereocenters. The zero-order valence-electron chi connectivity index (χ0n) is 15.6. The highest BCUT2D eigenvalue weighted by molar-refractivity contribution is 14.0. The van der Waals surface area contributed by atoms with Crippen LogP contribution in [0.15, 0.2) is 29.3 Å². The minimum Gasteiger partial charge on any atom is -0.359 e. The fourth-order valence-electron chi connectivity index (χ4n) is 2.25. The Morgan fingerprint density at radius 3 is 2.29 bits per heavy atom. The molecule has 0 saturated heterocycles. The number of hydrogen-bond donors (Lipinski definition) is 3. The van der Waals surface area contributed by atoms with Crippen LogP contribution < -0.4 is 16.0 Å². The van der Waals surface area contributed by atoms with Crippen LogP contribution in [0.5, 0.6) is 0 Å². The molecular formula is C18H31IN4O. The number of hydrogen-bond acceptors (Lipinski definition) is 2. The van der Waals surface area contributed by atoms with Gasteiger partial charge in [0.25, 0.3) is 0 Å². The predicted octanol–water partition coefficient (Wildman–Crippen LogP) is 2.87. The number of carbonyl (C=O) groups is 1. The van der Waals surface area contributed by atoms with Crippen LogP contribution in [0.1, 0.15) is 44.9 Å². The van der Waals surface area contributed by atoms with E-state index in [2.05, 4.69) is 59.1 Å². The summed E-state index contributed by atoms with van der Waals surface area (Å²) in [5, 5.41) is 9.27. The van der Waals surface area contributed by atoms with Crippen LogP contribution >= 0.6 is 24.0 Å². The van der Waals surface area contributed by atoms with E-state index in [1.807, 2.05) is 13.8 Å². The molecule has 0 bridgehead atoms. The van der Waals surface area contributed by atoms with Crippen molar-refractivity contribution in [2.45, 2.75) is 40.2 Å². The van der Waals surface area contributed by atoms with E-state index < -0.39 is 5.41 Å². The maximum absolute atomic E-state index is 11.8. The fraction of sp³-hybridized carbons (Fsp3) is 0.556. The van der Waals surface area contributed by atoms with Gasteiger partial charge in [0, 0.05) is 20.6 Å². The second-order valence-corrected chi connectivity index (χ2v) is 6.35. The summed E-state index contributed by atoms with van der Waals surface area (Å²) >= 11 is 0. The molecule has 1 rings (SSSR count).